The molecule has 1 rings (SSSR count). The molecule has 6 atom stereocenters. The zero-order valence-corrected chi connectivity index (χ0v) is 31.8. The molecule has 0 radical (unpaired) electrons. The molecule has 296 valence electrons. The number of benzene rings is 1. The number of carbonyl (C=O) groups excluding carboxylic acids is 6. The number of nitrogens with two attached hydrogens (primary N) is 6. The average molecular weight is 782 g/mol. The maximum absolute atomic E-state index is 13.6. The van der Waals surface area contributed by atoms with Gasteiger partial charge in [-0.05, 0) is 37.2 Å². The Bertz CT molecular complexity index is 1430. The summed E-state index contributed by atoms with van der Waals surface area (Å²) < 4.78 is 0. The van der Waals surface area contributed by atoms with E-state index in [-0.39, 0.29) is 68.1 Å². The molecule has 1 aromatic carbocycles. The van der Waals surface area contributed by atoms with E-state index < -0.39 is 71.7 Å². The SMILES string of the molecule is CC(C)[C@H](N)C(=O)N[C@@H](CCCN=C(N)N)C(=O)N[C@@H](CS)C(=O)N[C@@H](CCCN=C(N)N)C(=O)N[C@@H](CS)C(=O)N[C@@H](Cc1ccccc1)C(N)=O. The van der Waals surface area contributed by atoms with Crippen LogP contribution in [0.15, 0.2) is 40.3 Å². The van der Waals surface area contributed by atoms with Gasteiger partial charge in [-0.2, -0.15) is 25.3 Å². The van der Waals surface area contributed by atoms with Crippen LogP contribution in [0.4, 0.5) is 0 Å². The first-order valence-corrected chi connectivity index (χ1v) is 18.2. The molecule has 0 saturated carbocycles. The van der Waals surface area contributed by atoms with Crippen LogP contribution in [0.3, 0.4) is 0 Å². The van der Waals surface area contributed by atoms with Crippen molar-refractivity contribution in [2.45, 2.75) is 82.2 Å². The Morgan fingerprint density at radius 1 is 0.604 bits per heavy atom. The van der Waals surface area contributed by atoms with Gasteiger partial charge in [0.15, 0.2) is 11.9 Å². The number of primary amides is 1. The van der Waals surface area contributed by atoms with Crippen molar-refractivity contribution in [3.05, 3.63) is 35.9 Å². The fourth-order valence-corrected chi connectivity index (χ4v) is 5.18. The van der Waals surface area contributed by atoms with Crippen molar-refractivity contribution in [1.82, 2.24) is 26.6 Å². The molecule has 0 spiro atoms. The lowest BCUT2D eigenvalue weighted by Gasteiger charge is -2.26. The molecule has 0 unspecified atom stereocenters. The van der Waals surface area contributed by atoms with Gasteiger partial charge >= 0.3 is 0 Å². The molecule has 19 nitrogen and oxygen atoms in total. The van der Waals surface area contributed by atoms with Crippen molar-refractivity contribution in [1.29, 1.82) is 0 Å². The van der Waals surface area contributed by atoms with Crippen molar-refractivity contribution in [3.8, 4) is 0 Å². The van der Waals surface area contributed by atoms with Crippen LogP contribution in [0.2, 0.25) is 0 Å². The molecule has 21 heteroatoms. The summed E-state index contributed by atoms with van der Waals surface area (Å²) in [4.78, 5) is 86.3. The monoisotopic (exact) mass is 781 g/mol. The first kappa shape index (κ1) is 46.3. The van der Waals surface area contributed by atoms with E-state index in [1.165, 1.54) is 0 Å². The number of nitrogens with one attached hydrogen (secondary N) is 5. The Hall–Kier alpha value is -4.76. The van der Waals surface area contributed by atoms with E-state index >= 15 is 0 Å². The second-order valence-corrected chi connectivity index (χ2v) is 13.2. The van der Waals surface area contributed by atoms with E-state index in [1.54, 1.807) is 44.2 Å². The van der Waals surface area contributed by atoms with Crippen LogP contribution in [-0.4, -0.2) is 108 Å². The third-order valence-electron chi connectivity index (χ3n) is 7.75. The largest absolute Gasteiger partial charge is 0.370 e. The van der Waals surface area contributed by atoms with Crippen LogP contribution in [0.25, 0.3) is 0 Å². The molecule has 17 N–H and O–H groups in total. The summed E-state index contributed by atoms with van der Waals surface area (Å²) in [5.41, 5.74) is 33.8. The van der Waals surface area contributed by atoms with E-state index in [9.17, 15) is 28.8 Å². The molecular weight excluding hydrogens is 727 g/mol. The normalized spacial score (nSPS) is 14.2. The van der Waals surface area contributed by atoms with Gasteiger partial charge in [0.05, 0.1) is 6.04 Å². The number of nitrogens with zero attached hydrogens (tertiary/aromatic N) is 2. The van der Waals surface area contributed by atoms with Crippen LogP contribution in [0.5, 0.6) is 0 Å². The lowest BCUT2D eigenvalue weighted by atomic mass is 10.0. The molecule has 0 saturated heterocycles. The van der Waals surface area contributed by atoms with Gasteiger partial charge < -0.3 is 61.0 Å². The number of guanidine groups is 2. The Kier molecular flexibility index (Phi) is 21.4. The van der Waals surface area contributed by atoms with Gasteiger partial charge in [-0.25, -0.2) is 0 Å². The Labute approximate surface area is 320 Å². The predicted molar refractivity (Wildman–Crippen MR) is 209 cm³/mol. The second-order valence-electron chi connectivity index (χ2n) is 12.4. The van der Waals surface area contributed by atoms with Crippen molar-refractivity contribution < 1.29 is 28.8 Å². The average Bonchev–Trinajstić information content (AvgIpc) is 3.10. The zero-order chi connectivity index (χ0) is 40.1. The van der Waals surface area contributed by atoms with Gasteiger partial charge in [-0.3, -0.25) is 38.8 Å². The van der Waals surface area contributed by atoms with Crippen LogP contribution < -0.4 is 61.0 Å². The number of amides is 6. The number of thiol groups is 2. The van der Waals surface area contributed by atoms with E-state index in [0.717, 1.165) is 5.56 Å². The van der Waals surface area contributed by atoms with E-state index in [4.69, 9.17) is 34.4 Å². The third kappa shape index (κ3) is 18.0. The second kappa shape index (κ2) is 24.5. The molecular formula is C32H55N13O6S2. The number of aliphatic imine (C=N–C) groups is 2. The predicted octanol–water partition coefficient (Wildman–Crippen LogP) is -3.91. The van der Waals surface area contributed by atoms with Crippen molar-refractivity contribution in [2.24, 2.45) is 50.3 Å². The van der Waals surface area contributed by atoms with Crippen LogP contribution in [0.1, 0.15) is 45.1 Å². The molecule has 0 aliphatic rings. The Morgan fingerprint density at radius 2 is 0.981 bits per heavy atom. The van der Waals surface area contributed by atoms with Gasteiger partial charge in [-0.15, -0.1) is 0 Å². The Morgan fingerprint density at radius 3 is 1.36 bits per heavy atom. The smallest absolute Gasteiger partial charge is 0.244 e. The quantitative estimate of drug-likeness (QED) is 0.0208. The van der Waals surface area contributed by atoms with Gasteiger partial charge in [-0.1, -0.05) is 44.2 Å². The van der Waals surface area contributed by atoms with Crippen LogP contribution >= 0.6 is 25.3 Å². The lowest BCUT2D eigenvalue weighted by Crippen LogP contribution is -2.60. The highest BCUT2D eigenvalue weighted by atomic mass is 32.1. The summed E-state index contributed by atoms with van der Waals surface area (Å²) in [5, 5.41) is 12.9. The van der Waals surface area contributed by atoms with E-state index in [1.807, 2.05) is 0 Å². The van der Waals surface area contributed by atoms with Gasteiger partial charge in [0.25, 0.3) is 0 Å². The number of carbonyl (C=O) groups is 6. The van der Waals surface area contributed by atoms with Crippen molar-refractivity contribution in [3.63, 3.8) is 0 Å². The standard InChI is InChI=1S/C32H55N13O6S2/c1-17(2)24(33)30(51)42-20(11-7-13-40-32(37)38)27(48)44-22(15-52)28(49)41-19(10-6-12-39-31(35)36)26(47)45-23(16-53)29(50)43-21(25(34)46)14-18-8-4-3-5-9-18/h3-5,8-9,17,19-24,52-53H,6-7,10-16,33H2,1-2H3,(H2,34,46)(H,41,49)(H,42,51)(H,43,50)(H,44,48)(H,45,47)(H4,35,36,39)(H4,37,38,40)/t19-,20-,21-,22-,23-,24-/m0/s1. The summed E-state index contributed by atoms with van der Waals surface area (Å²) in [6.07, 6.45) is 0.755. The topological polar surface area (TPSA) is 343 Å². The Balaban J connectivity index is 3.15. The van der Waals surface area contributed by atoms with Crippen LogP contribution in [0, 0.1) is 5.92 Å². The minimum Gasteiger partial charge on any atom is -0.370 e. The summed E-state index contributed by atoms with van der Waals surface area (Å²) in [7, 11) is 0. The third-order valence-corrected chi connectivity index (χ3v) is 8.48. The maximum Gasteiger partial charge on any atom is 0.244 e. The maximum atomic E-state index is 13.6. The highest BCUT2D eigenvalue weighted by molar-refractivity contribution is 7.80. The number of hydrogen-bond acceptors (Lipinski definition) is 11. The fourth-order valence-electron chi connectivity index (χ4n) is 4.67. The number of rotatable bonds is 24. The molecule has 0 fully saturated rings. The zero-order valence-electron chi connectivity index (χ0n) is 30.0. The minimum absolute atomic E-state index is 0.0109. The molecule has 0 aliphatic heterocycles. The van der Waals surface area contributed by atoms with E-state index in [0.29, 0.717) is 6.42 Å². The highest BCUT2D eigenvalue weighted by Gasteiger charge is 2.32. The molecule has 0 bridgehead atoms. The molecule has 0 aromatic heterocycles. The van der Waals surface area contributed by atoms with Crippen molar-refractivity contribution in [2.75, 3.05) is 24.6 Å². The summed E-state index contributed by atoms with van der Waals surface area (Å²) >= 11 is 8.43. The highest BCUT2D eigenvalue weighted by Crippen LogP contribution is 2.07. The molecule has 6 amide bonds. The summed E-state index contributed by atoms with van der Waals surface area (Å²) in [6.45, 7) is 3.79. The van der Waals surface area contributed by atoms with Gasteiger partial charge in [0.1, 0.15) is 30.2 Å². The van der Waals surface area contributed by atoms with E-state index in [2.05, 4.69) is 61.8 Å². The molecule has 0 aliphatic carbocycles. The number of hydrogen-bond donors (Lipinski definition) is 13. The van der Waals surface area contributed by atoms with Gasteiger partial charge in [0.2, 0.25) is 35.4 Å². The first-order valence-electron chi connectivity index (χ1n) is 16.9. The lowest BCUT2D eigenvalue weighted by molar-refractivity contribution is -0.134. The summed E-state index contributed by atoms with van der Waals surface area (Å²) in [6, 6.07) is 2.02. The summed E-state index contributed by atoms with van der Waals surface area (Å²) in [5.74, 6) is -5.27. The van der Waals surface area contributed by atoms with Gasteiger partial charge in [0, 0.05) is 31.0 Å². The first-order chi connectivity index (χ1) is 25.0. The van der Waals surface area contributed by atoms with Crippen molar-refractivity contribution >= 4 is 72.6 Å². The minimum atomic E-state index is -1.27. The van der Waals surface area contributed by atoms with Crippen LogP contribution in [-0.2, 0) is 35.2 Å². The fraction of sp³-hybridized carbons (Fsp3) is 0.562. The molecule has 0 heterocycles. The molecule has 1 aromatic rings. The molecule has 53 heavy (non-hydrogen) atoms.